The maximum atomic E-state index is 6.08. The highest BCUT2D eigenvalue weighted by atomic mass is 35.5. The van der Waals surface area contributed by atoms with Gasteiger partial charge in [-0.15, -0.1) is 0 Å². The van der Waals surface area contributed by atoms with Gasteiger partial charge in [0, 0.05) is 81.5 Å². The minimum atomic E-state index is 0.557. The van der Waals surface area contributed by atoms with Crippen LogP contribution in [-0.4, -0.2) is 28.7 Å². The van der Waals surface area contributed by atoms with E-state index in [4.69, 9.17) is 16.6 Å². The Morgan fingerprint density at radius 3 is 1.23 bits per heavy atom. The molecule has 16 aromatic carbocycles. The number of halogens is 1. The highest BCUT2D eigenvalue weighted by Gasteiger charge is 2.27. The Bertz CT molecular complexity index is 7420. The van der Waals surface area contributed by atoms with Crippen molar-refractivity contribution in [3.05, 3.63) is 357 Å². The standard InChI is InChI=1S/C49H29N3.C34H22N2.C15H8ClN/c1-2-12-33(13-3-1)51-44-20-9-8-17-37(44)40-27-31(22-25-45(40)51)32-23-26-46-41(28-32)39-24-21-30-11-4-5-14-34(30)49(39)52(46)47-29-42-36-16-7-6-15-35(36)38-18-10-19-43(50-47)48(38)42;1-2-9-25(10-3-1)36-32-13-7-6-12-27(32)30-21-24(16-19-33(30)36)23-15-18-31-29(20-23)28-17-14-22-8-4-5-11-26(22)34(28)35-31;16-14-8-12-10-5-2-1-4-9(10)11-6-3-7-13(17-14)15(11)12/h1-29H;1-21,35H;1-8H. The van der Waals surface area contributed by atoms with E-state index in [0.29, 0.717) is 5.15 Å². The number of benzene rings is 16. The maximum absolute atomic E-state index is 6.08. The molecular formula is C98H59ClN6. The van der Waals surface area contributed by atoms with Gasteiger partial charge in [-0.1, -0.05) is 254 Å². The average Bonchev–Trinajstić information content (AvgIpc) is 1.30. The molecule has 0 bridgehead atoms. The Hall–Kier alpha value is -13.7. The molecule has 0 saturated carbocycles. The third-order valence-electron chi connectivity index (χ3n) is 22.1. The zero-order valence-electron chi connectivity index (χ0n) is 56.6. The van der Waals surface area contributed by atoms with Crippen molar-refractivity contribution in [2.45, 2.75) is 0 Å². The van der Waals surface area contributed by atoms with Crippen LogP contribution >= 0.6 is 11.6 Å². The number of fused-ring (bicyclic) bond motifs is 22. The third-order valence-corrected chi connectivity index (χ3v) is 22.3. The maximum Gasteiger partial charge on any atom is 0.138 e. The first-order valence-electron chi connectivity index (χ1n) is 35.8. The van der Waals surface area contributed by atoms with E-state index in [0.717, 1.165) is 22.4 Å². The Morgan fingerprint density at radius 2 is 0.657 bits per heavy atom. The average molecular weight is 1360 g/mol. The molecule has 0 saturated heterocycles. The number of para-hydroxylation sites is 4. The van der Waals surface area contributed by atoms with Crippen LogP contribution in [0.15, 0.2) is 352 Å². The van der Waals surface area contributed by atoms with Crippen LogP contribution < -0.4 is 0 Å². The van der Waals surface area contributed by atoms with Gasteiger partial charge >= 0.3 is 0 Å². The van der Waals surface area contributed by atoms with Gasteiger partial charge in [-0.2, -0.15) is 0 Å². The Kier molecular flexibility index (Phi) is 13.0. The minimum absolute atomic E-state index is 0.557. The normalized spacial score (nSPS) is 12.0. The number of nitrogens with zero attached hydrogens (tertiary/aromatic N) is 5. The van der Waals surface area contributed by atoms with Crippen molar-refractivity contribution in [1.29, 1.82) is 0 Å². The van der Waals surface area contributed by atoms with Crippen molar-refractivity contribution in [3.8, 4) is 84.0 Å². The van der Waals surface area contributed by atoms with E-state index in [1.165, 1.54) is 192 Å². The van der Waals surface area contributed by atoms with E-state index < -0.39 is 0 Å². The largest absolute Gasteiger partial charge is 0.354 e. The fourth-order valence-electron chi connectivity index (χ4n) is 17.5. The molecule has 6 nitrogen and oxygen atoms in total. The van der Waals surface area contributed by atoms with Gasteiger partial charge < -0.3 is 14.1 Å². The second-order valence-electron chi connectivity index (χ2n) is 27.7. The van der Waals surface area contributed by atoms with Gasteiger partial charge in [-0.05, 0) is 187 Å². The number of aromatic amines is 1. The summed E-state index contributed by atoms with van der Waals surface area (Å²) in [7, 11) is 0. The smallest absolute Gasteiger partial charge is 0.138 e. The number of H-pyrrole nitrogens is 1. The topological polar surface area (TPSA) is 56.4 Å². The van der Waals surface area contributed by atoms with Gasteiger partial charge in [-0.3, -0.25) is 4.57 Å². The van der Waals surface area contributed by atoms with Gasteiger partial charge in [0.05, 0.1) is 49.7 Å². The first-order valence-corrected chi connectivity index (χ1v) is 36.2. The Balaban J connectivity index is 0.000000112. The molecule has 24 rings (SSSR count). The molecule has 2 aliphatic rings. The first-order chi connectivity index (χ1) is 52.0. The number of nitrogens with one attached hydrogen (secondary N) is 1. The molecule has 0 aliphatic heterocycles. The van der Waals surface area contributed by atoms with E-state index in [-0.39, 0.29) is 0 Å². The van der Waals surface area contributed by atoms with Crippen molar-refractivity contribution in [1.82, 2.24) is 28.7 Å². The van der Waals surface area contributed by atoms with Crippen molar-refractivity contribution in [2.75, 3.05) is 0 Å². The number of rotatable bonds is 5. The van der Waals surface area contributed by atoms with Crippen LogP contribution in [0.2, 0.25) is 5.15 Å². The zero-order chi connectivity index (χ0) is 69.0. The molecule has 6 aromatic heterocycles. The second kappa shape index (κ2) is 23.2. The summed E-state index contributed by atoms with van der Waals surface area (Å²) in [4.78, 5) is 13.5. The SMILES string of the molecule is Clc1cc2c3c(cccc3n1)-c1ccccc1-2.c1ccc(-n2c3ccccc3c3cc(-c4ccc5[nH]c6c7ccccc7ccc6c5c4)ccc32)cc1.c1ccc(-n2c3ccccc3c3cc(-c4ccc5c(c4)c4ccc6ccccc6c4n5-c4cc5c6c(cccc6n4)-c4ccccc4-5)ccc32)cc1. The van der Waals surface area contributed by atoms with Crippen LogP contribution in [0.5, 0.6) is 0 Å². The summed E-state index contributed by atoms with van der Waals surface area (Å²) in [5, 5.41) is 18.0. The predicted molar refractivity (Wildman–Crippen MR) is 442 cm³/mol. The monoisotopic (exact) mass is 1350 g/mol. The van der Waals surface area contributed by atoms with Crippen molar-refractivity contribution in [3.63, 3.8) is 0 Å². The summed E-state index contributed by atoms with van der Waals surface area (Å²) in [6.07, 6.45) is 0. The lowest BCUT2D eigenvalue weighted by Gasteiger charge is -2.12. The zero-order valence-corrected chi connectivity index (χ0v) is 57.4. The lowest BCUT2D eigenvalue weighted by Crippen LogP contribution is -1.99. The molecule has 105 heavy (non-hydrogen) atoms. The van der Waals surface area contributed by atoms with Crippen LogP contribution in [0, 0.1) is 0 Å². The molecule has 2 aliphatic carbocycles. The summed E-state index contributed by atoms with van der Waals surface area (Å²) in [6.45, 7) is 0. The molecule has 22 aromatic rings. The lowest BCUT2D eigenvalue weighted by atomic mass is 10.00. The fourth-order valence-corrected chi connectivity index (χ4v) is 17.7. The van der Waals surface area contributed by atoms with E-state index >= 15 is 0 Å². The number of aromatic nitrogens is 6. The van der Waals surface area contributed by atoms with Crippen LogP contribution in [-0.2, 0) is 0 Å². The highest BCUT2D eigenvalue weighted by molar-refractivity contribution is 6.31. The molecule has 0 spiro atoms. The first kappa shape index (κ1) is 59.1. The molecule has 6 heterocycles. The number of hydrogen-bond donors (Lipinski definition) is 1. The third kappa shape index (κ3) is 9.10. The summed E-state index contributed by atoms with van der Waals surface area (Å²) in [5.41, 5.74) is 28.9. The molecule has 0 radical (unpaired) electrons. The van der Waals surface area contributed by atoms with Gasteiger partial charge in [0.2, 0.25) is 0 Å². The summed E-state index contributed by atoms with van der Waals surface area (Å²) >= 11 is 6.08. The van der Waals surface area contributed by atoms with Crippen LogP contribution in [0.4, 0.5) is 0 Å². The van der Waals surface area contributed by atoms with E-state index in [2.05, 4.69) is 357 Å². The Morgan fingerprint density at radius 1 is 0.248 bits per heavy atom. The number of pyridine rings is 2. The van der Waals surface area contributed by atoms with Crippen LogP contribution in [0.25, 0.3) is 215 Å². The van der Waals surface area contributed by atoms with Gasteiger partial charge in [0.15, 0.2) is 0 Å². The van der Waals surface area contributed by atoms with Crippen molar-refractivity contribution >= 4 is 142 Å². The second-order valence-corrected chi connectivity index (χ2v) is 28.1. The molecule has 7 heteroatoms. The highest BCUT2D eigenvalue weighted by Crippen LogP contribution is 2.50. The van der Waals surface area contributed by atoms with Crippen molar-refractivity contribution < 1.29 is 0 Å². The minimum Gasteiger partial charge on any atom is -0.354 e. The summed E-state index contributed by atoms with van der Waals surface area (Å²) < 4.78 is 7.14. The molecule has 0 atom stereocenters. The van der Waals surface area contributed by atoms with Gasteiger partial charge in [-0.25, -0.2) is 9.97 Å². The predicted octanol–water partition coefficient (Wildman–Crippen LogP) is 26.7. The van der Waals surface area contributed by atoms with Gasteiger partial charge in [0.25, 0.3) is 0 Å². The van der Waals surface area contributed by atoms with E-state index in [1.54, 1.807) is 0 Å². The molecule has 0 unspecified atom stereocenters. The number of hydrogen-bond acceptors (Lipinski definition) is 2. The van der Waals surface area contributed by atoms with E-state index in [1.807, 2.05) is 18.2 Å². The van der Waals surface area contributed by atoms with Crippen LogP contribution in [0.1, 0.15) is 0 Å². The molecule has 0 fully saturated rings. The van der Waals surface area contributed by atoms with Gasteiger partial charge in [0.1, 0.15) is 11.0 Å². The molecule has 488 valence electrons. The van der Waals surface area contributed by atoms with Crippen LogP contribution in [0.3, 0.4) is 0 Å². The van der Waals surface area contributed by atoms with Crippen molar-refractivity contribution in [2.24, 2.45) is 0 Å². The quantitative estimate of drug-likeness (QED) is 0.175. The fraction of sp³-hybridized carbons (Fsp3) is 0. The Labute approximate surface area is 607 Å². The lowest BCUT2D eigenvalue weighted by molar-refractivity contribution is 1.11. The van der Waals surface area contributed by atoms with E-state index in [9.17, 15) is 0 Å². The summed E-state index contributed by atoms with van der Waals surface area (Å²) in [6, 6.07) is 127. The molecular weight excluding hydrogens is 1300 g/mol. The molecule has 1 N–H and O–H groups in total. The summed E-state index contributed by atoms with van der Waals surface area (Å²) in [5.74, 6) is 0.940. The molecule has 0 amide bonds.